The molecule has 1 amide bonds. The molecule has 0 fully saturated rings. The molecule has 0 unspecified atom stereocenters. The number of aromatic nitrogens is 2. The maximum Gasteiger partial charge on any atom is 0.251 e. The van der Waals surface area contributed by atoms with Crippen molar-refractivity contribution in [2.24, 2.45) is 0 Å². The van der Waals surface area contributed by atoms with Gasteiger partial charge in [-0.2, -0.15) is 5.10 Å². The molecular weight excluding hydrogens is 270 g/mol. The molecule has 0 spiro atoms. The molecule has 0 saturated carbocycles. The van der Waals surface area contributed by atoms with E-state index >= 15 is 0 Å². The third-order valence-corrected chi connectivity index (χ3v) is 3.58. The lowest BCUT2D eigenvalue weighted by molar-refractivity contribution is 0.0953. The van der Waals surface area contributed by atoms with Crippen LogP contribution in [0.5, 0.6) is 11.5 Å². The molecule has 1 aliphatic rings. The number of carbonyl (C=O) groups is 1. The van der Waals surface area contributed by atoms with E-state index in [2.05, 4.69) is 15.5 Å². The number of aromatic amines is 1. The smallest absolute Gasteiger partial charge is 0.251 e. The first-order valence-electron chi connectivity index (χ1n) is 6.83. The van der Waals surface area contributed by atoms with Crippen molar-refractivity contribution in [1.29, 1.82) is 0 Å². The number of amides is 1. The van der Waals surface area contributed by atoms with Crippen LogP contribution in [-0.2, 0) is 6.42 Å². The molecule has 1 aromatic heterocycles. The van der Waals surface area contributed by atoms with Crippen LogP contribution >= 0.6 is 0 Å². The summed E-state index contributed by atoms with van der Waals surface area (Å²) >= 11 is 0. The van der Waals surface area contributed by atoms with Gasteiger partial charge in [0, 0.05) is 17.8 Å². The number of hydrogen-bond donors (Lipinski definition) is 2. The van der Waals surface area contributed by atoms with Crippen LogP contribution in [0.1, 0.15) is 27.3 Å². The Labute approximate surface area is 122 Å². The van der Waals surface area contributed by atoms with Crippen LogP contribution in [0.3, 0.4) is 0 Å². The number of rotatable bonds is 4. The second kappa shape index (κ2) is 5.47. The first kappa shape index (κ1) is 13.5. The first-order chi connectivity index (χ1) is 10.1. The summed E-state index contributed by atoms with van der Waals surface area (Å²) in [4.78, 5) is 12.1. The molecule has 2 heterocycles. The molecule has 1 aromatic carbocycles. The molecule has 2 aromatic rings. The zero-order chi connectivity index (χ0) is 14.8. The fourth-order valence-corrected chi connectivity index (χ4v) is 2.38. The third-order valence-electron chi connectivity index (χ3n) is 3.58. The van der Waals surface area contributed by atoms with E-state index in [0.29, 0.717) is 23.6 Å². The third kappa shape index (κ3) is 2.69. The topological polar surface area (TPSA) is 76.2 Å². The number of hydrogen-bond acceptors (Lipinski definition) is 4. The van der Waals surface area contributed by atoms with Gasteiger partial charge in [-0.1, -0.05) is 0 Å². The number of nitrogens with one attached hydrogen (secondary N) is 2. The number of fused-ring (bicyclic) bond motifs is 1. The van der Waals surface area contributed by atoms with Crippen LogP contribution in [0.4, 0.5) is 0 Å². The summed E-state index contributed by atoms with van der Waals surface area (Å²) in [6, 6.07) is 5.19. The van der Waals surface area contributed by atoms with Gasteiger partial charge in [0.05, 0.1) is 5.69 Å². The van der Waals surface area contributed by atoms with Crippen molar-refractivity contribution in [3.05, 3.63) is 40.7 Å². The number of aryl methyl sites for hydroxylation is 2. The number of ether oxygens (including phenoxy) is 2. The van der Waals surface area contributed by atoms with Crippen molar-refractivity contribution in [3.63, 3.8) is 0 Å². The van der Waals surface area contributed by atoms with Gasteiger partial charge in [-0.15, -0.1) is 0 Å². The quantitative estimate of drug-likeness (QED) is 0.898. The molecule has 0 saturated heterocycles. The Morgan fingerprint density at radius 2 is 2.14 bits per heavy atom. The highest BCUT2D eigenvalue weighted by Gasteiger charge is 2.16. The van der Waals surface area contributed by atoms with Crippen molar-refractivity contribution in [2.45, 2.75) is 20.3 Å². The lowest BCUT2D eigenvalue weighted by Gasteiger charge is -2.06. The average Bonchev–Trinajstić information content (AvgIpc) is 3.07. The summed E-state index contributed by atoms with van der Waals surface area (Å²) in [5.41, 5.74) is 3.75. The Kier molecular flexibility index (Phi) is 3.51. The number of carbonyl (C=O) groups excluding carboxylic acids is 1. The summed E-state index contributed by atoms with van der Waals surface area (Å²) in [6.07, 6.45) is 0.754. The Hall–Kier alpha value is -2.50. The van der Waals surface area contributed by atoms with Crippen molar-refractivity contribution >= 4 is 5.91 Å². The predicted octanol–water partition coefficient (Wildman–Crippen LogP) is 1.73. The predicted molar refractivity (Wildman–Crippen MR) is 76.7 cm³/mol. The highest BCUT2D eigenvalue weighted by atomic mass is 16.7. The van der Waals surface area contributed by atoms with Gasteiger partial charge in [0.1, 0.15) is 0 Å². The summed E-state index contributed by atoms with van der Waals surface area (Å²) in [7, 11) is 0. The molecule has 0 radical (unpaired) electrons. The second-order valence-electron chi connectivity index (χ2n) is 4.99. The molecule has 21 heavy (non-hydrogen) atoms. The van der Waals surface area contributed by atoms with Crippen LogP contribution in [0.2, 0.25) is 0 Å². The van der Waals surface area contributed by atoms with E-state index < -0.39 is 0 Å². The number of H-pyrrole nitrogens is 1. The molecule has 6 nitrogen and oxygen atoms in total. The van der Waals surface area contributed by atoms with Crippen molar-refractivity contribution in [1.82, 2.24) is 15.5 Å². The van der Waals surface area contributed by atoms with Crippen molar-refractivity contribution < 1.29 is 14.3 Å². The van der Waals surface area contributed by atoms with Crippen LogP contribution in [-0.4, -0.2) is 29.4 Å². The highest BCUT2D eigenvalue weighted by Crippen LogP contribution is 2.32. The molecule has 1 aliphatic heterocycles. The Morgan fingerprint density at radius 1 is 1.33 bits per heavy atom. The van der Waals surface area contributed by atoms with Gasteiger partial charge < -0.3 is 14.8 Å². The fraction of sp³-hybridized carbons (Fsp3) is 0.333. The summed E-state index contributed by atoms with van der Waals surface area (Å²) in [5, 5.41) is 9.99. The number of benzene rings is 1. The maximum atomic E-state index is 12.1. The van der Waals surface area contributed by atoms with E-state index in [1.165, 1.54) is 0 Å². The highest BCUT2D eigenvalue weighted by molar-refractivity contribution is 5.94. The first-order valence-corrected chi connectivity index (χ1v) is 6.83. The van der Waals surface area contributed by atoms with E-state index in [-0.39, 0.29) is 12.7 Å². The van der Waals surface area contributed by atoms with Gasteiger partial charge in [0.15, 0.2) is 11.5 Å². The Morgan fingerprint density at radius 3 is 2.90 bits per heavy atom. The van der Waals surface area contributed by atoms with Crippen LogP contribution in [0.25, 0.3) is 0 Å². The molecule has 0 aliphatic carbocycles. The van der Waals surface area contributed by atoms with Crippen LogP contribution in [0, 0.1) is 13.8 Å². The largest absolute Gasteiger partial charge is 0.454 e. The standard InChI is InChI=1S/C15H17N3O3/c1-9-12(10(2)18-17-9)5-6-16-15(19)11-3-4-13-14(7-11)21-8-20-13/h3-4,7H,5-6,8H2,1-2H3,(H,16,19)(H,17,18). The average molecular weight is 287 g/mol. The SMILES string of the molecule is Cc1n[nH]c(C)c1CCNC(=O)c1ccc2c(c1)OCO2. The zero-order valence-electron chi connectivity index (χ0n) is 12.0. The lowest BCUT2D eigenvalue weighted by Crippen LogP contribution is -2.25. The molecule has 110 valence electrons. The lowest BCUT2D eigenvalue weighted by atomic mass is 10.1. The fourth-order valence-electron chi connectivity index (χ4n) is 2.38. The molecule has 0 bridgehead atoms. The monoisotopic (exact) mass is 287 g/mol. The van der Waals surface area contributed by atoms with Crippen molar-refractivity contribution in [2.75, 3.05) is 13.3 Å². The minimum atomic E-state index is -0.118. The van der Waals surface area contributed by atoms with Crippen LogP contribution in [0.15, 0.2) is 18.2 Å². The van der Waals surface area contributed by atoms with Gasteiger partial charge in [-0.3, -0.25) is 9.89 Å². The van der Waals surface area contributed by atoms with Crippen molar-refractivity contribution in [3.8, 4) is 11.5 Å². The van der Waals surface area contributed by atoms with Gasteiger partial charge in [0.25, 0.3) is 5.91 Å². The zero-order valence-corrected chi connectivity index (χ0v) is 12.0. The minimum absolute atomic E-state index is 0.118. The second-order valence-corrected chi connectivity index (χ2v) is 4.99. The molecule has 2 N–H and O–H groups in total. The van der Waals surface area contributed by atoms with Crippen LogP contribution < -0.4 is 14.8 Å². The van der Waals surface area contributed by atoms with E-state index in [1.54, 1.807) is 18.2 Å². The Balaban J connectivity index is 1.59. The normalized spacial score (nSPS) is 12.5. The van der Waals surface area contributed by atoms with Gasteiger partial charge in [-0.05, 0) is 44.0 Å². The van der Waals surface area contributed by atoms with E-state index in [1.807, 2.05) is 13.8 Å². The van der Waals surface area contributed by atoms with Gasteiger partial charge >= 0.3 is 0 Å². The molecular formula is C15H17N3O3. The summed E-state index contributed by atoms with van der Waals surface area (Å²) in [5.74, 6) is 1.17. The van der Waals surface area contributed by atoms with E-state index in [4.69, 9.17) is 9.47 Å². The number of nitrogens with zero attached hydrogens (tertiary/aromatic N) is 1. The molecule has 6 heteroatoms. The maximum absolute atomic E-state index is 12.1. The summed E-state index contributed by atoms with van der Waals surface area (Å²) < 4.78 is 10.5. The Bertz CT molecular complexity index is 659. The van der Waals surface area contributed by atoms with Gasteiger partial charge in [-0.25, -0.2) is 0 Å². The van der Waals surface area contributed by atoms with Gasteiger partial charge in [0.2, 0.25) is 6.79 Å². The minimum Gasteiger partial charge on any atom is -0.454 e. The van der Waals surface area contributed by atoms with E-state index in [0.717, 1.165) is 23.4 Å². The molecule has 0 atom stereocenters. The molecule has 3 rings (SSSR count). The summed E-state index contributed by atoms with van der Waals surface area (Å²) in [6.45, 7) is 4.71. The van der Waals surface area contributed by atoms with E-state index in [9.17, 15) is 4.79 Å².